The lowest BCUT2D eigenvalue weighted by Gasteiger charge is -2.04. The van der Waals surface area contributed by atoms with Crippen LogP contribution in [0.4, 0.5) is 0 Å². The van der Waals surface area contributed by atoms with Crippen LogP contribution in [-0.2, 0) is 12.8 Å². The lowest BCUT2D eigenvalue weighted by molar-refractivity contribution is 0.645. The van der Waals surface area contributed by atoms with Gasteiger partial charge in [0, 0.05) is 11.9 Å². The molecule has 1 rings (SSSR count). The zero-order valence-electron chi connectivity index (χ0n) is 8.17. The maximum absolute atomic E-state index is 4.35. The average molecular weight is 163 g/mol. The Morgan fingerprint density at radius 3 is 2.50 bits per heavy atom. The molecule has 1 heteroatoms. The van der Waals surface area contributed by atoms with Crippen molar-refractivity contribution in [3.63, 3.8) is 0 Å². The second-order valence-electron chi connectivity index (χ2n) is 3.61. The maximum Gasteiger partial charge on any atom is 0.0401 e. The highest BCUT2D eigenvalue weighted by Crippen LogP contribution is 2.07. The van der Waals surface area contributed by atoms with Crippen molar-refractivity contribution in [2.45, 2.75) is 33.6 Å². The number of nitrogens with zero attached hydrogens (tertiary/aromatic N) is 1. The number of pyridine rings is 1. The monoisotopic (exact) mass is 163 g/mol. The normalized spacial score (nSPS) is 10.7. The van der Waals surface area contributed by atoms with Gasteiger partial charge in [-0.3, -0.25) is 4.98 Å². The van der Waals surface area contributed by atoms with Crippen molar-refractivity contribution in [1.29, 1.82) is 0 Å². The van der Waals surface area contributed by atoms with Gasteiger partial charge in [-0.05, 0) is 30.4 Å². The molecule has 0 fully saturated rings. The van der Waals surface area contributed by atoms with Crippen LogP contribution in [0.5, 0.6) is 0 Å². The third kappa shape index (κ3) is 2.65. The Morgan fingerprint density at radius 2 is 2.08 bits per heavy atom. The molecule has 0 saturated heterocycles. The van der Waals surface area contributed by atoms with E-state index in [9.17, 15) is 0 Å². The van der Waals surface area contributed by atoms with E-state index >= 15 is 0 Å². The van der Waals surface area contributed by atoms with Crippen LogP contribution < -0.4 is 0 Å². The van der Waals surface area contributed by atoms with Crippen molar-refractivity contribution >= 4 is 0 Å². The van der Waals surface area contributed by atoms with E-state index in [2.05, 4.69) is 37.9 Å². The lowest BCUT2D eigenvalue weighted by atomic mass is 10.0. The molecular weight excluding hydrogens is 146 g/mol. The first kappa shape index (κ1) is 9.24. The van der Waals surface area contributed by atoms with Gasteiger partial charge in [-0.2, -0.15) is 0 Å². The van der Waals surface area contributed by atoms with Gasteiger partial charge in [-0.1, -0.05) is 26.8 Å². The van der Waals surface area contributed by atoms with Crippen LogP contribution in [0, 0.1) is 5.92 Å². The van der Waals surface area contributed by atoms with Gasteiger partial charge in [0.25, 0.3) is 0 Å². The molecule has 1 nitrogen and oxygen atoms in total. The highest BCUT2D eigenvalue weighted by atomic mass is 14.7. The molecule has 0 atom stereocenters. The Labute approximate surface area is 74.8 Å². The Kier molecular flexibility index (Phi) is 3.27. The fourth-order valence-electron chi connectivity index (χ4n) is 1.26. The second kappa shape index (κ2) is 4.24. The minimum atomic E-state index is 0.722. The summed E-state index contributed by atoms with van der Waals surface area (Å²) in [7, 11) is 0. The van der Waals surface area contributed by atoms with Gasteiger partial charge in [-0.25, -0.2) is 0 Å². The summed E-state index contributed by atoms with van der Waals surface area (Å²) in [4.78, 5) is 4.35. The fourth-order valence-corrected chi connectivity index (χ4v) is 1.26. The third-order valence-corrected chi connectivity index (χ3v) is 1.89. The summed E-state index contributed by atoms with van der Waals surface area (Å²) in [6.45, 7) is 6.59. The average Bonchev–Trinajstić information content (AvgIpc) is 2.05. The van der Waals surface area contributed by atoms with E-state index in [1.807, 2.05) is 6.20 Å². The predicted molar refractivity (Wildman–Crippen MR) is 52.2 cm³/mol. The van der Waals surface area contributed by atoms with Crippen molar-refractivity contribution in [2.75, 3.05) is 0 Å². The van der Waals surface area contributed by atoms with Gasteiger partial charge < -0.3 is 0 Å². The summed E-state index contributed by atoms with van der Waals surface area (Å²) in [5.41, 5.74) is 2.53. The number of hydrogen-bond acceptors (Lipinski definition) is 1. The number of hydrogen-bond donors (Lipinski definition) is 0. The van der Waals surface area contributed by atoms with Crippen molar-refractivity contribution in [3.05, 3.63) is 29.6 Å². The van der Waals surface area contributed by atoms with Gasteiger partial charge >= 0.3 is 0 Å². The second-order valence-corrected chi connectivity index (χ2v) is 3.61. The lowest BCUT2D eigenvalue weighted by Crippen LogP contribution is -1.95. The largest absolute Gasteiger partial charge is 0.261 e. The van der Waals surface area contributed by atoms with Crippen LogP contribution in [-0.4, -0.2) is 4.98 Å². The highest BCUT2D eigenvalue weighted by Gasteiger charge is 1.97. The Morgan fingerprint density at radius 1 is 1.33 bits per heavy atom. The first-order chi connectivity index (χ1) is 5.72. The van der Waals surface area contributed by atoms with Crippen molar-refractivity contribution in [1.82, 2.24) is 4.98 Å². The highest BCUT2D eigenvalue weighted by molar-refractivity contribution is 5.14. The number of rotatable bonds is 3. The molecule has 0 aliphatic heterocycles. The van der Waals surface area contributed by atoms with E-state index in [0.29, 0.717) is 0 Å². The van der Waals surface area contributed by atoms with Gasteiger partial charge in [0.15, 0.2) is 0 Å². The predicted octanol–water partition coefficient (Wildman–Crippen LogP) is 2.84. The Hall–Kier alpha value is -0.850. The standard InChI is InChI=1S/C11H17N/c1-4-11-6-5-10(8-12-11)7-9(2)3/h5-6,8-9H,4,7H2,1-3H3. The minimum Gasteiger partial charge on any atom is -0.261 e. The summed E-state index contributed by atoms with van der Waals surface area (Å²) in [5, 5.41) is 0. The Balaban J connectivity index is 2.65. The summed E-state index contributed by atoms with van der Waals surface area (Å²) >= 11 is 0. The Bertz CT molecular complexity index is 223. The summed E-state index contributed by atoms with van der Waals surface area (Å²) in [5.74, 6) is 0.722. The molecule has 0 unspecified atom stereocenters. The molecule has 0 radical (unpaired) electrons. The topological polar surface area (TPSA) is 12.9 Å². The molecule has 0 N–H and O–H groups in total. The summed E-state index contributed by atoms with van der Waals surface area (Å²) in [6.07, 6.45) is 4.16. The smallest absolute Gasteiger partial charge is 0.0401 e. The van der Waals surface area contributed by atoms with E-state index in [4.69, 9.17) is 0 Å². The summed E-state index contributed by atoms with van der Waals surface area (Å²) < 4.78 is 0. The molecule has 0 bridgehead atoms. The van der Waals surface area contributed by atoms with E-state index in [-0.39, 0.29) is 0 Å². The van der Waals surface area contributed by atoms with Crippen LogP contribution in [0.1, 0.15) is 32.0 Å². The zero-order valence-corrected chi connectivity index (χ0v) is 8.17. The number of aromatic nitrogens is 1. The van der Waals surface area contributed by atoms with Crippen LogP contribution >= 0.6 is 0 Å². The quantitative estimate of drug-likeness (QED) is 0.667. The number of aryl methyl sites for hydroxylation is 1. The van der Waals surface area contributed by atoms with Crippen molar-refractivity contribution in [2.24, 2.45) is 5.92 Å². The summed E-state index contributed by atoms with van der Waals surface area (Å²) in [6, 6.07) is 4.31. The van der Waals surface area contributed by atoms with Crippen molar-refractivity contribution < 1.29 is 0 Å². The van der Waals surface area contributed by atoms with Crippen LogP contribution in [0.25, 0.3) is 0 Å². The molecule has 12 heavy (non-hydrogen) atoms. The van der Waals surface area contributed by atoms with E-state index in [1.54, 1.807) is 0 Å². The molecule has 0 spiro atoms. The molecule has 0 amide bonds. The molecule has 0 saturated carbocycles. The van der Waals surface area contributed by atoms with Crippen LogP contribution in [0.2, 0.25) is 0 Å². The minimum absolute atomic E-state index is 0.722. The maximum atomic E-state index is 4.35. The van der Waals surface area contributed by atoms with E-state index in [1.165, 1.54) is 11.3 Å². The van der Waals surface area contributed by atoms with E-state index in [0.717, 1.165) is 18.8 Å². The first-order valence-corrected chi connectivity index (χ1v) is 4.66. The van der Waals surface area contributed by atoms with Gasteiger partial charge in [0.1, 0.15) is 0 Å². The van der Waals surface area contributed by atoms with Crippen LogP contribution in [0.3, 0.4) is 0 Å². The molecule has 1 aromatic rings. The first-order valence-electron chi connectivity index (χ1n) is 4.66. The fraction of sp³-hybridized carbons (Fsp3) is 0.545. The molecule has 0 aliphatic rings. The van der Waals surface area contributed by atoms with Crippen molar-refractivity contribution in [3.8, 4) is 0 Å². The zero-order chi connectivity index (χ0) is 8.97. The molecule has 1 aromatic heterocycles. The molecule has 0 aromatic carbocycles. The van der Waals surface area contributed by atoms with Gasteiger partial charge in [-0.15, -0.1) is 0 Å². The van der Waals surface area contributed by atoms with E-state index < -0.39 is 0 Å². The molecule has 0 aliphatic carbocycles. The van der Waals surface area contributed by atoms with Gasteiger partial charge in [0.2, 0.25) is 0 Å². The SMILES string of the molecule is CCc1ccc(CC(C)C)cn1. The van der Waals surface area contributed by atoms with Crippen LogP contribution in [0.15, 0.2) is 18.3 Å². The third-order valence-electron chi connectivity index (χ3n) is 1.89. The molecule has 1 heterocycles. The van der Waals surface area contributed by atoms with Gasteiger partial charge in [0.05, 0.1) is 0 Å². The molecular formula is C11H17N. The molecule has 66 valence electrons.